The van der Waals surface area contributed by atoms with Crippen LogP contribution in [0.1, 0.15) is 22.3 Å². The molecule has 1 aromatic heterocycles. The van der Waals surface area contributed by atoms with Gasteiger partial charge in [-0.25, -0.2) is 0 Å². The van der Waals surface area contributed by atoms with E-state index in [9.17, 15) is 0 Å². The van der Waals surface area contributed by atoms with Gasteiger partial charge < -0.3 is 0 Å². The van der Waals surface area contributed by atoms with Crippen molar-refractivity contribution >= 4 is 24.1 Å². The molecule has 1 aliphatic rings. The first-order valence-electron chi connectivity index (χ1n) is 8.42. The first-order chi connectivity index (χ1) is 11.7. The summed E-state index contributed by atoms with van der Waals surface area (Å²) >= 11 is 0.414. The zero-order chi connectivity index (χ0) is 16.3. The minimum atomic E-state index is 0.414. The summed E-state index contributed by atoms with van der Waals surface area (Å²) < 4.78 is 3.07. The van der Waals surface area contributed by atoms with Crippen LogP contribution in [0.3, 0.4) is 0 Å². The summed E-state index contributed by atoms with van der Waals surface area (Å²) in [5.74, 6) is 0. The van der Waals surface area contributed by atoms with Crippen LogP contribution in [-0.4, -0.2) is 14.5 Å². The molecule has 3 aromatic carbocycles. The molecule has 1 aliphatic carbocycles. The summed E-state index contributed by atoms with van der Waals surface area (Å²) in [6, 6.07) is 22.6. The third-order valence-electron chi connectivity index (χ3n) is 5.30. The summed E-state index contributed by atoms with van der Waals surface area (Å²) in [7, 11) is 0. The summed E-state index contributed by atoms with van der Waals surface area (Å²) in [5, 5.41) is 1.41. The molecule has 116 valence electrons. The van der Waals surface area contributed by atoms with Crippen LogP contribution in [-0.2, 0) is 6.42 Å². The second kappa shape index (κ2) is 5.21. The number of hydrogen-bond donors (Lipinski definition) is 0. The quantitative estimate of drug-likeness (QED) is 0.328. The van der Waals surface area contributed by atoms with Gasteiger partial charge in [0.05, 0.1) is 0 Å². The van der Waals surface area contributed by atoms with Crippen molar-refractivity contribution in [3.8, 4) is 21.1 Å². The molecule has 0 nitrogen and oxygen atoms in total. The molecule has 0 saturated heterocycles. The maximum atomic E-state index is 2.43. The third-order valence-corrected chi connectivity index (χ3v) is 7.68. The van der Waals surface area contributed by atoms with Crippen molar-refractivity contribution in [1.82, 2.24) is 0 Å². The summed E-state index contributed by atoms with van der Waals surface area (Å²) in [4.78, 5) is 0. The van der Waals surface area contributed by atoms with Gasteiger partial charge in [-0.2, -0.15) is 0 Å². The molecule has 5 rings (SSSR count). The van der Waals surface area contributed by atoms with Crippen molar-refractivity contribution < 1.29 is 0 Å². The molecule has 0 atom stereocenters. The van der Waals surface area contributed by atoms with Gasteiger partial charge in [0.2, 0.25) is 0 Å². The van der Waals surface area contributed by atoms with Crippen molar-refractivity contribution in [3.63, 3.8) is 0 Å². The average Bonchev–Trinajstić information content (AvgIpc) is 3.17. The van der Waals surface area contributed by atoms with E-state index in [0.29, 0.717) is 14.5 Å². The van der Waals surface area contributed by atoms with Gasteiger partial charge in [0, 0.05) is 0 Å². The molecule has 1 heteroatoms. The summed E-state index contributed by atoms with van der Waals surface area (Å²) in [6.07, 6.45) is 1.08. The second-order valence-corrected chi connectivity index (χ2v) is 8.98. The van der Waals surface area contributed by atoms with E-state index in [4.69, 9.17) is 0 Å². The molecule has 0 aliphatic heterocycles. The molecular weight excluding hydrogens is 355 g/mol. The molecule has 4 aromatic rings. The molecular formula is C23H18Se. The molecule has 0 unspecified atom stereocenters. The summed E-state index contributed by atoms with van der Waals surface area (Å²) in [5.41, 5.74) is 10.3. The molecule has 0 amide bonds. The maximum absolute atomic E-state index is 2.43. The minimum absolute atomic E-state index is 0.414. The van der Waals surface area contributed by atoms with Crippen molar-refractivity contribution in [2.24, 2.45) is 0 Å². The van der Waals surface area contributed by atoms with Crippen LogP contribution in [0.15, 0.2) is 60.7 Å². The number of rotatable bonds is 1. The molecule has 24 heavy (non-hydrogen) atoms. The predicted molar refractivity (Wildman–Crippen MR) is 104 cm³/mol. The fourth-order valence-electron chi connectivity index (χ4n) is 3.96. The van der Waals surface area contributed by atoms with Gasteiger partial charge in [-0.05, 0) is 0 Å². The number of hydrogen-bond acceptors (Lipinski definition) is 0. The van der Waals surface area contributed by atoms with Crippen LogP contribution in [0.25, 0.3) is 30.8 Å². The Morgan fingerprint density at radius 3 is 2.50 bits per heavy atom. The van der Waals surface area contributed by atoms with E-state index in [2.05, 4.69) is 74.5 Å². The molecule has 0 spiro atoms. The van der Waals surface area contributed by atoms with Gasteiger partial charge in [0.15, 0.2) is 0 Å². The fourth-order valence-corrected chi connectivity index (χ4v) is 6.46. The normalized spacial score (nSPS) is 12.4. The molecule has 1 heterocycles. The van der Waals surface area contributed by atoms with E-state index in [0.717, 1.165) is 6.42 Å². The van der Waals surface area contributed by atoms with Crippen LogP contribution in [0.4, 0.5) is 0 Å². The second-order valence-electron chi connectivity index (χ2n) is 6.70. The monoisotopic (exact) mass is 374 g/mol. The van der Waals surface area contributed by atoms with Crippen LogP contribution in [0.2, 0.25) is 0 Å². The topological polar surface area (TPSA) is 0 Å². The Bertz CT molecular complexity index is 1070. The fraction of sp³-hybridized carbons (Fsp3) is 0.130. The van der Waals surface area contributed by atoms with Crippen LogP contribution < -0.4 is 0 Å². The van der Waals surface area contributed by atoms with Crippen LogP contribution in [0.5, 0.6) is 0 Å². The van der Waals surface area contributed by atoms with Crippen molar-refractivity contribution in [1.29, 1.82) is 0 Å². The van der Waals surface area contributed by atoms with Gasteiger partial charge in [-0.3, -0.25) is 0 Å². The molecule has 0 radical (unpaired) electrons. The van der Waals surface area contributed by atoms with Crippen molar-refractivity contribution in [2.45, 2.75) is 20.3 Å². The van der Waals surface area contributed by atoms with Crippen molar-refractivity contribution in [2.75, 3.05) is 0 Å². The van der Waals surface area contributed by atoms with Crippen LogP contribution >= 0.6 is 0 Å². The Labute approximate surface area is 148 Å². The Morgan fingerprint density at radius 1 is 0.833 bits per heavy atom. The number of aryl methyl sites for hydroxylation is 1. The van der Waals surface area contributed by atoms with Gasteiger partial charge in [-0.1, -0.05) is 0 Å². The van der Waals surface area contributed by atoms with Crippen LogP contribution in [0, 0.1) is 13.8 Å². The molecule has 0 fully saturated rings. The summed E-state index contributed by atoms with van der Waals surface area (Å²) in [6.45, 7) is 4.56. The van der Waals surface area contributed by atoms with E-state index < -0.39 is 0 Å². The standard InChI is InChI=1S/C23H18Se/c1-14-11-19-18-9-5-3-7-16(18)12-20(19)23(15(14)2)22-13-17-8-4-6-10-21(17)24-22/h3-11,13H,12H2,1-2H3. The average molecular weight is 373 g/mol. The molecule has 0 N–H and O–H groups in total. The Hall–Kier alpha value is -2.08. The van der Waals surface area contributed by atoms with Gasteiger partial charge in [-0.15, -0.1) is 0 Å². The first kappa shape index (κ1) is 14.3. The van der Waals surface area contributed by atoms with E-state index in [-0.39, 0.29) is 0 Å². The Morgan fingerprint density at radius 2 is 1.62 bits per heavy atom. The van der Waals surface area contributed by atoms with E-state index >= 15 is 0 Å². The SMILES string of the molecule is Cc1cc2c(c(-c3cc4ccccc4[se]3)c1C)Cc1ccccc1-2. The van der Waals surface area contributed by atoms with Gasteiger partial charge in [0.25, 0.3) is 0 Å². The third kappa shape index (κ3) is 1.99. The van der Waals surface area contributed by atoms with E-state index in [1.54, 1.807) is 10.0 Å². The predicted octanol–water partition coefficient (Wildman–Crippen LogP) is 5.75. The Kier molecular flexibility index (Phi) is 3.10. The van der Waals surface area contributed by atoms with Gasteiger partial charge >= 0.3 is 148 Å². The van der Waals surface area contributed by atoms with E-state index in [1.807, 2.05) is 0 Å². The van der Waals surface area contributed by atoms with Gasteiger partial charge in [0.1, 0.15) is 0 Å². The van der Waals surface area contributed by atoms with Crippen molar-refractivity contribution in [3.05, 3.63) is 82.9 Å². The molecule has 0 saturated carbocycles. The number of benzene rings is 3. The number of fused-ring (bicyclic) bond motifs is 4. The first-order valence-corrected chi connectivity index (χ1v) is 10.1. The Balaban J connectivity index is 1.82. The zero-order valence-corrected chi connectivity index (χ0v) is 15.6. The zero-order valence-electron chi connectivity index (χ0n) is 13.9. The molecule has 0 bridgehead atoms. The van der Waals surface area contributed by atoms with E-state index in [1.165, 1.54) is 43.0 Å².